The van der Waals surface area contributed by atoms with Crippen LogP contribution in [0.2, 0.25) is 0 Å². The summed E-state index contributed by atoms with van der Waals surface area (Å²) in [5.41, 5.74) is 8.45. The zero-order valence-electron chi connectivity index (χ0n) is 9.38. The Labute approximate surface area is 107 Å². The summed E-state index contributed by atoms with van der Waals surface area (Å²) in [6, 6.07) is 3.88. The summed E-state index contributed by atoms with van der Waals surface area (Å²) in [4.78, 5) is 14.1. The molecule has 0 unspecified atom stereocenters. The van der Waals surface area contributed by atoms with Gasteiger partial charge in [-0.05, 0) is 43.1 Å². The normalized spacial score (nSPS) is 11.0. The van der Waals surface area contributed by atoms with Crippen molar-refractivity contribution in [2.45, 2.75) is 13.3 Å². The van der Waals surface area contributed by atoms with E-state index in [1.807, 2.05) is 19.1 Å². The Balaban J connectivity index is 2.75. The van der Waals surface area contributed by atoms with Crippen molar-refractivity contribution in [1.82, 2.24) is 4.98 Å². The highest BCUT2D eigenvalue weighted by Crippen LogP contribution is 2.28. The molecule has 0 amide bonds. The lowest BCUT2D eigenvalue weighted by Crippen LogP contribution is -2.07. The molecular formula is C12H13BrN2O2. The van der Waals surface area contributed by atoms with Gasteiger partial charge in [-0.25, -0.2) is 4.79 Å². The van der Waals surface area contributed by atoms with E-state index in [1.54, 1.807) is 0 Å². The number of rotatable bonds is 3. The lowest BCUT2D eigenvalue weighted by molar-refractivity contribution is 0.0690. The molecule has 5 heteroatoms. The van der Waals surface area contributed by atoms with Crippen molar-refractivity contribution in [3.63, 3.8) is 0 Å². The van der Waals surface area contributed by atoms with Crippen molar-refractivity contribution in [2.75, 3.05) is 6.54 Å². The predicted molar refractivity (Wildman–Crippen MR) is 70.5 cm³/mol. The summed E-state index contributed by atoms with van der Waals surface area (Å²) in [5, 5.41) is 10.1. The quantitative estimate of drug-likeness (QED) is 0.814. The van der Waals surface area contributed by atoms with E-state index >= 15 is 0 Å². The number of nitrogens with one attached hydrogen (secondary N) is 1. The van der Waals surface area contributed by atoms with E-state index in [2.05, 4.69) is 20.9 Å². The van der Waals surface area contributed by atoms with Crippen LogP contribution in [-0.2, 0) is 6.42 Å². The van der Waals surface area contributed by atoms with Gasteiger partial charge in [0, 0.05) is 15.4 Å². The Kier molecular flexibility index (Phi) is 3.22. The van der Waals surface area contributed by atoms with Crippen molar-refractivity contribution >= 4 is 32.8 Å². The fourth-order valence-corrected chi connectivity index (χ4v) is 2.31. The Hall–Kier alpha value is -1.33. The maximum Gasteiger partial charge on any atom is 0.352 e. The highest BCUT2D eigenvalue weighted by molar-refractivity contribution is 9.10. The number of fused-ring (bicyclic) bond motifs is 1. The van der Waals surface area contributed by atoms with Crippen LogP contribution in [0, 0.1) is 6.92 Å². The Bertz CT molecular complexity index is 590. The van der Waals surface area contributed by atoms with Gasteiger partial charge in [0.15, 0.2) is 0 Å². The number of aromatic carboxylic acids is 1. The number of aromatic amines is 1. The molecule has 1 heterocycles. The van der Waals surface area contributed by atoms with E-state index in [9.17, 15) is 4.79 Å². The Morgan fingerprint density at radius 1 is 1.53 bits per heavy atom. The first-order chi connectivity index (χ1) is 8.04. The predicted octanol–water partition coefficient (Wildman–Crippen LogP) is 2.44. The highest BCUT2D eigenvalue weighted by atomic mass is 79.9. The van der Waals surface area contributed by atoms with Crippen molar-refractivity contribution in [3.05, 3.63) is 33.4 Å². The average Bonchev–Trinajstić information content (AvgIpc) is 2.59. The molecule has 4 nitrogen and oxygen atoms in total. The summed E-state index contributed by atoms with van der Waals surface area (Å²) < 4.78 is 0.961. The van der Waals surface area contributed by atoms with Gasteiger partial charge in [0.2, 0.25) is 0 Å². The Morgan fingerprint density at radius 2 is 2.24 bits per heavy atom. The van der Waals surface area contributed by atoms with Crippen LogP contribution in [0.15, 0.2) is 16.6 Å². The molecule has 0 atom stereocenters. The molecule has 2 aromatic rings. The second-order valence-corrected chi connectivity index (χ2v) is 4.82. The molecule has 2 rings (SSSR count). The van der Waals surface area contributed by atoms with Crippen molar-refractivity contribution in [3.8, 4) is 0 Å². The number of aromatic nitrogens is 1. The van der Waals surface area contributed by atoms with Gasteiger partial charge >= 0.3 is 5.97 Å². The molecule has 0 spiro atoms. The molecule has 90 valence electrons. The Morgan fingerprint density at radius 3 is 2.82 bits per heavy atom. The first-order valence-corrected chi connectivity index (χ1v) is 6.08. The molecule has 0 aliphatic carbocycles. The van der Waals surface area contributed by atoms with Crippen molar-refractivity contribution in [1.29, 1.82) is 0 Å². The van der Waals surface area contributed by atoms with Crippen LogP contribution in [-0.4, -0.2) is 22.6 Å². The van der Waals surface area contributed by atoms with E-state index in [-0.39, 0.29) is 5.69 Å². The molecule has 0 bridgehead atoms. The number of carbonyl (C=O) groups is 1. The molecule has 1 aromatic heterocycles. The standard InChI is InChI=1S/C12H13BrN2O2/c1-6-4-8-7(2-3-14)11(12(16)17)15-10(8)5-9(6)13/h4-5,15H,2-3,14H2,1H3,(H,16,17). The molecule has 0 aliphatic rings. The fraction of sp³-hybridized carbons (Fsp3) is 0.250. The third kappa shape index (κ3) is 2.08. The molecule has 1 aromatic carbocycles. The number of H-pyrrole nitrogens is 1. The average molecular weight is 297 g/mol. The van der Waals surface area contributed by atoms with Crippen molar-refractivity contribution < 1.29 is 9.90 Å². The minimum Gasteiger partial charge on any atom is -0.477 e. The zero-order chi connectivity index (χ0) is 12.6. The maximum atomic E-state index is 11.2. The van der Waals surface area contributed by atoms with Crippen LogP contribution >= 0.6 is 15.9 Å². The SMILES string of the molecule is Cc1cc2c(CCN)c(C(=O)O)[nH]c2cc1Br. The van der Waals surface area contributed by atoms with Gasteiger partial charge in [0.05, 0.1) is 0 Å². The van der Waals surface area contributed by atoms with Crippen LogP contribution in [0.3, 0.4) is 0 Å². The second-order valence-electron chi connectivity index (χ2n) is 3.97. The molecule has 4 N–H and O–H groups in total. The van der Waals surface area contributed by atoms with E-state index in [0.717, 1.165) is 26.5 Å². The van der Waals surface area contributed by atoms with Gasteiger partial charge in [-0.15, -0.1) is 0 Å². The largest absolute Gasteiger partial charge is 0.477 e. The van der Waals surface area contributed by atoms with E-state index in [0.29, 0.717) is 13.0 Å². The summed E-state index contributed by atoms with van der Waals surface area (Å²) >= 11 is 3.43. The van der Waals surface area contributed by atoms with Crippen LogP contribution in [0.4, 0.5) is 0 Å². The van der Waals surface area contributed by atoms with Gasteiger partial charge < -0.3 is 15.8 Å². The van der Waals surface area contributed by atoms with Crippen LogP contribution in [0.25, 0.3) is 10.9 Å². The summed E-state index contributed by atoms with van der Waals surface area (Å²) in [6.45, 7) is 2.41. The number of nitrogens with two attached hydrogens (primary N) is 1. The number of hydrogen-bond acceptors (Lipinski definition) is 2. The summed E-state index contributed by atoms with van der Waals surface area (Å²) in [6.07, 6.45) is 0.558. The molecular weight excluding hydrogens is 284 g/mol. The first kappa shape index (κ1) is 12.1. The van der Waals surface area contributed by atoms with Gasteiger partial charge in [0.25, 0.3) is 0 Å². The highest BCUT2D eigenvalue weighted by Gasteiger charge is 2.16. The lowest BCUT2D eigenvalue weighted by Gasteiger charge is -2.01. The van der Waals surface area contributed by atoms with Gasteiger partial charge in [-0.2, -0.15) is 0 Å². The minimum atomic E-state index is -0.946. The molecule has 0 radical (unpaired) electrons. The number of aryl methyl sites for hydroxylation is 1. The van der Waals surface area contributed by atoms with Gasteiger partial charge in [0.1, 0.15) is 5.69 Å². The molecule has 0 fully saturated rings. The molecule has 0 aliphatic heterocycles. The number of carboxylic acid groups (broad SMARTS) is 1. The van der Waals surface area contributed by atoms with Crippen molar-refractivity contribution in [2.24, 2.45) is 5.73 Å². The summed E-state index contributed by atoms with van der Waals surface area (Å²) in [5.74, 6) is -0.946. The van der Waals surface area contributed by atoms with Crippen LogP contribution in [0.5, 0.6) is 0 Å². The zero-order valence-corrected chi connectivity index (χ0v) is 11.0. The minimum absolute atomic E-state index is 0.239. The van der Waals surface area contributed by atoms with Gasteiger partial charge in [-0.1, -0.05) is 15.9 Å². The second kappa shape index (κ2) is 4.50. The van der Waals surface area contributed by atoms with E-state index in [4.69, 9.17) is 10.8 Å². The maximum absolute atomic E-state index is 11.2. The number of carboxylic acids is 1. The third-order valence-corrected chi connectivity index (χ3v) is 3.65. The van der Waals surface area contributed by atoms with Crippen LogP contribution < -0.4 is 5.73 Å². The number of hydrogen-bond donors (Lipinski definition) is 3. The number of halogens is 1. The fourth-order valence-electron chi connectivity index (χ4n) is 1.97. The van der Waals surface area contributed by atoms with E-state index < -0.39 is 5.97 Å². The topological polar surface area (TPSA) is 79.1 Å². The van der Waals surface area contributed by atoms with Gasteiger partial charge in [-0.3, -0.25) is 0 Å². The monoisotopic (exact) mass is 296 g/mol. The third-order valence-electron chi connectivity index (χ3n) is 2.79. The number of benzene rings is 1. The molecule has 0 saturated carbocycles. The first-order valence-electron chi connectivity index (χ1n) is 5.28. The lowest BCUT2D eigenvalue weighted by atomic mass is 10.1. The van der Waals surface area contributed by atoms with Crippen LogP contribution in [0.1, 0.15) is 21.6 Å². The molecule has 17 heavy (non-hydrogen) atoms. The summed E-state index contributed by atoms with van der Waals surface area (Å²) in [7, 11) is 0. The van der Waals surface area contributed by atoms with E-state index in [1.165, 1.54) is 0 Å². The molecule has 0 saturated heterocycles. The smallest absolute Gasteiger partial charge is 0.352 e.